The van der Waals surface area contributed by atoms with Crippen molar-refractivity contribution in [1.29, 1.82) is 0 Å². The summed E-state index contributed by atoms with van der Waals surface area (Å²) in [5, 5.41) is 5.20. The Balaban J connectivity index is 1.54. The lowest BCUT2D eigenvalue weighted by atomic mass is 10.3. The molecule has 1 saturated heterocycles. The summed E-state index contributed by atoms with van der Waals surface area (Å²) in [4.78, 5) is 23.0. The first-order valence-electron chi connectivity index (χ1n) is 8.86. The Bertz CT molecular complexity index is 840. The van der Waals surface area contributed by atoms with E-state index in [9.17, 15) is 18.0 Å². The predicted molar refractivity (Wildman–Crippen MR) is 98.8 cm³/mol. The third-order valence-corrected chi connectivity index (χ3v) is 3.97. The molecule has 1 aromatic carbocycles. The number of carbonyl (C=O) groups excluding carboxylic acids is 1. The summed E-state index contributed by atoms with van der Waals surface area (Å²) in [7, 11) is 0. The molecule has 8 nitrogen and oxygen atoms in total. The first-order chi connectivity index (χ1) is 13.8. The lowest BCUT2D eigenvalue weighted by molar-refractivity contribution is -0.274. The maximum absolute atomic E-state index is 12.2. The van der Waals surface area contributed by atoms with Crippen LogP contribution >= 0.6 is 0 Å². The van der Waals surface area contributed by atoms with Gasteiger partial charge in [-0.1, -0.05) is 0 Å². The number of alkyl halides is 3. The Hall–Kier alpha value is -3.08. The first kappa shape index (κ1) is 20.6. The van der Waals surface area contributed by atoms with Gasteiger partial charge in [0.05, 0.1) is 25.5 Å². The Morgan fingerprint density at radius 1 is 1.21 bits per heavy atom. The van der Waals surface area contributed by atoms with Gasteiger partial charge in [0.15, 0.2) is 0 Å². The molecule has 2 N–H and O–H groups in total. The van der Waals surface area contributed by atoms with Gasteiger partial charge in [0, 0.05) is 24.5 Å². The number of ether oxygens (including phenoxy) is 2. The highest BCUT2D eigenvalue weighted by Crippen LogP contribution is 2.23. The summed E-state index contributed by atoms with van der Waals surface area (Å²) < 4.78 is 45.6. The van der Waals surface area contributed by atoms with E-state index in [0.717, 1.165) is 17.8 Å². The minimum Gasteiger partial charge on any atom is -0.406 e. The van der Waals surface area contributed by atoms with Crippen molar-refractivity contribution in [2.75, 3.05) is 36.5 Å². The van der Waals surface area contributed by atoms with E-state index in [2.05, 4.69) is 25.3 Å². The third kappa shape index (κ3) is 6.49. The van der Waals surface area contributed by atoms with Crippen LogP contribution in [0.15, 0.2) is 30.3 Å². The molecule has 2 heterocycles. The van der Waals surface area contributed by atoms with Crippen LogP contribution in [0.4, 0.5) is 29.6 Å². The van der Waals surface area contributed by atoms with E-state index >= 15 is 0 Å². The lowest BCUT2D eigenvalue weighted by Crippen LogP contribution is -2.37. The molecule has 0 aliphatic carbocycles. The van der Waals surface area contributed by atoms with Crippen molar-refractivity contribution in [3.05, 3.63) is 41.7 Å². The third-order valence-electron chi connectivity index (χ3n) is 3.97. The molecule has 0 unspecified atom stereocenters. The maximum atomic E-state index is 12.2. The van der Waals surface area contributed by atoms with Crippen LogP contribution in [-0.4, -0.2) is 48.7 Å². The number of anilines is 2. The van der Waals surface area contributed by atoms with E-state index < -0.39 is 12.4 Å². The Kier molecular flexibility index (Phi) is 6.37. The standard InChI is InChI=1S/C18H20F3N5O3/c1-12-10-14(24-16(23-12)26-6-8-28-9-7-26)11-22-17(27)25-13-2-4-15(5-3-13)29-18(19,20)21/h2-5,10H,6-9,11H2,1H3,(H2,22,25,27). The van der Waals surface area contributed by atoms with E-state index in [1.165, 1.54) is 12.1 Å². The van der Waals surface area contributed by atoms with E-state index in [-0.39, 0.29) is 12.3 Å². The van der Waals surface area contributed by atoms with Crippen LogP contribution in [0.1, 0.15) is 11.4 Å². The van der Waals surface area contributed by atoms with E-state index in [4.69, 9.17) is 4.74 Å². The van der Waals surface area contributed by atoms with E-state index in [1.807, 2.05) is 11.8 Å². The van der Waals surface area contributed by atoms with Gasteiger partial charge in [0.1, 0.15) is 5.75 Å². The monoisotopic (exact) mass is 411 g/mol. The highest BCUT2D eigenvalue weighted by molar-refractivity contribution is 5.89. The molecule has 0 atom stereocenters. The molecule has 1 aliphatic heterocycles. The summed E-state index contributed by atoms with van der Waals surface area (Å²) in [5.41, 5.74) is 1.74. The normalized spacial score (nSPS) is 14.4. The highest BCUT2D eigenvalue weighted by atomic mass is 19.4. The molecule has 1 aliphatic rings. The minimum atomic E-state index is -4.76. The largest absolute Gasteiger partial charge is 0.573 e. The van der Waals surface area contributed by atoms with Gasteiger partial charge in [0.25, 0.3) is 0 Å². The molecule has 29 heavy (non-hydrogen) atoms. The average molecular weight is 411 g/mol. The molecule has 1 aromatic heterocycles. The fourth-order valence-electron chi connectivity index (χ4n) is 2.70. The minimum absolute atomic E-state index is 0.168. The van der Waals surface area contributed by atoms with Gasteiger partial charge in [0.2, 0.25) is 5.95 Å². The van der Waals surface area contributed by atoms with Crippen LogP contribution in [-0.2, 0) is 11.3 Å². The van der Waals surface area contributed by atoms with E-state index in [1.54, 1.807) is 6.07 Å². The van der Waals surface area contributed by atoms with Crippen LogP contribution in [0.2, 0.25) is 0 Å². The summed E-state index contributed by atoms with van der Waals surface area (Å²) in [6.07, 6.45) is -4.76. The molecule has 2 amide bonds. The predicted octanol–water partition coefficient (Wildman–Crippen LogP) is 2.84. The number of rotatable bonds is 5. The van der Waals surface area contributed by atoms with Crippen LogP contribution in [0, 0.1) is 6.92 Å². The summed E-state index contributed by atoms with van der Waals surface area (Å²) in [6, 6.07) is 6.11. The fourth-order valence-corrected chi connectivity index (χ4v) is 2.70. The van der Waals surface area contributed by atoms with Gasteiger partial charge in [-0.25, -0.2) is 14.8 Å². The summed E-state index contributed by atoms with van der Waals surface area (Å²) in [6.45, 7) is 4.64. The molecule has 1 fully saturated rings. The van der Waals surface area contributed by atoms with Crippen molar-refractivity contribution in [3.8, 4) is 5.75 Å². The smallest absolute Gasteiger partial charge is 0.406 e. The Labute approximate surface area is 165 Å². The molecule has 11 heteroatoms. The molecule has 0 saturated carbocycles. The van der Waals surface area contributed by atoms with Crippen LogP contribution in [0.5, 0.6) is 5.75 Å². The number of benzene rings is 1. The van der Waals surface area contributed by atoms with Crippen LogP contribution in [0.25, 0.3) is 0 Å². The number of nitrogens with zero attached hydrogens (tertiary/aromatic N) is 3. The maximum Gasteiger partial charge on any atom is 0.573 e. The zero-order chi connectivity index (χ0) is 20.9. The number of aryl methyl sites for hydroxylation is 1. The number of aromatic nitrogens is 2. The second-order valence-corrected chi connectivity index (χ2v) is 6.28. The van der Waals surface area contributed by atoms with Crippen molar-refractivity contribution in [2.24, 2.45) is 0 Å². The fraction of sp³-hybridized carbons (Fsp3) is 0.389. The van der Waals surface area contributed by atoms with E-state index in [0.29, 0.717) is 43.6 Å². The van der Waals surface area contributed by atoms with Crippen molar-refractivity contribution in [1.82, 2.24) is 15.3 Å². The summed E-state index contributed by atoms with van der Waals surface area (Å²) in [5.74, 6) is 0.223. The van der Waals surface area contributed by atoms with Crippen LogP contribution < -0.4 is 20.3 Å². The first-order valence-corrected chi connectivity index (χ1v) is 8.86. The zero-order valence-corrected chi connectivity index (χ0v) is 15.6. The highest BCUT2D eigenvalue weighted by Gasteiger charge is 2.30. The van der Waals surface area contributed by atoms with Crippen molar-refractivity contribution in [2.45, 2.75) is 19.8 Å². The summed E-state index contributed by atoms with van der Waals surface area (Å²) >= 11 is 0. The zero-order valence-electron chi connectivity index (χ0n) is 15.6. The number of nitrogens with one attached hydrogen (secondary N) is 2. The number of halogens is 3. The SMILES string of the molecule is Cc1cc(CNC(=O)Nc2ccc(OC(F)(F)F)cc2)nc(N2CCOCC2)n1. The topological polar surface area (TPSA) is 88.6 Å². The van der Waals surface area contributed by atoms with Crippen molar-refractivity contribution >= 4 is 17.7 Å². The van der Waals surface area contributed by atoms with Gasteiger partial charge >= 0.3 is 12.4 Å². The molecule has 2 aromatic rings. The molecular formula is C18H20F3N5O3. The molecule has 0 bridgehead atoms. The molecule has 0 radical (unpaired) electrons. The molecule has 156 valence electrons. The van der Waals surface area contributed by atoms with Crippen LogP contribution in [0.3, 0.4) is 0 Å². The lowest BCUT2D eigenvalue weighted by Gasteiger charge is -2.27. The van der Waals surface area contributed by atoms with Gasteiger partial charge in [-0.3, -0.25) is 0 Å². The molecule has 3 rings (SSSR count). The number of hydrogen-bond donors (Lipinski definition) is 2. The van der Waals surface area contributed by atoms with Gasteiger partial charge in [-0.2, -0.15) is 0 Å². The Morgan fingerprint density at radius 3 is 2.55 bits per heavy atom. The second-order valence-electron chi connectivity index (χ2n) is 6.28. The van der Waals surface area contributed by atoms with Crippen molar-refractivity contribution in [3.63, 3.8) is 0 Å². The number of amides is 2. The van der Waals surface area contributed by atoms with Gasteiger partial charge in [-0.15, -0.1) is 13.2 Å². The molecule has 0 spiro atoms. The number of morpholine rings is 1. The quantitative estimate of drug-likeness (QED) is 0.787. The van der Waals surface area contributed by atoms with Crippen molar-refractivity contribution < 1.29 is 27.4 Å². The average Bonchev–Trinajstić information content (AvgIpc) is 2.67. The van der Waals surface area contributed by atoms with Gasteiger partial charge in [-0.05, 0) is 37.3 Å². The number of hydrogen-bond acceptors (Lipinski definition) is 6. The molecular weight excluding hydrogens is 391 g/mol. The Morgan fingerprint density at radius 2 is 1.90 bits per heavy atom. The number of carbonyl (C=O) groups is 1. The number of urea groups is 1. The second kappa shape index (κ2) is 8.95. The van der Waals surface area contributed by atoms with Gasteiger partial charge < -0.3 is 25.0 Å².